The Kier molecular flexibility index (Phi) is 4.05. The molecular formula is C12H12N2O4S2. The van der Waals surface area contributed by atoms with Crippen LogP contribution < -0.4 is 4.72 Å². The lowest BCUT2D eigenvalue weighted by Gasteiger charge is -2.11. The molecule has 0 radical (unpaired) electrons. The molecule has 0 saturated heterocycles. The van der Waals surface area contributed by atoms with Crippen molar-refractivity contribution in [3.8, 4) is 10.6 Å². The molecule has 106 valence electrons. The zero-order valence-electron chi connectivity index (χ0n) is 10.5. The van der Waals surface area contributed by atoms with Crippen LogP contribution in [0.5, 0.6) is 0 Å². The van der Waals surface area contributed by atoms with Crippen LogP contribution in [0.3, 0.4) is 0 Å². The van der Waals surface area contributed by atoms with Crippen molar-refractivity contribution in [1.82, 2.24) is 4.98 Å². The Bertz CT molecular complexity index is 694. The first kappa shape index (κ1) is 14.5. The number of anilines is 1. The average molecular weight is 312 g/mol. The van der Waals surface area contributed by atoms with Crippen molar-refractivity contribution in [1.29, 1.82) is 0 Å². The topological polar surface area (TPSA) is 96.4 Å². The highest BCUT2D eigenvalue weighted by Gasteiger charge is 2.27. The second kappa shape index (κ2) is 5.59. The number of rotatable bonds is 5. The summed E-state index contributed by atoms with van der Waals surface area (Å²) in [6.45, 7) is 1.12. The molecule has 0 aliphatic heterocycles. The van der Waals surface area contributed by atoms with Crippen LogP contribution in [0, 0.1) is 0 Å². The fraction of sp³-hybridized carbons (Fsp3) is 0.167. The third-order valence-electron chi connectivity index (χ3n) is 2.64. The lowest BCUT2D eigenvalue weighted by molar-refractivity contribution is -0.136. The van der Waals surface area contributed by atoms with Crippen molar-refractivity contribution < 1.29 is 18.3 Å². The molecule has 0 bridgehead atoms. The molecule has 1 heterocycles. The summed E-state index contributed by atoms with van der Waals surface area (Å²) < 4.78 is 25.8. The molecule has 1 aromatic heterocycles. The summed E-state index contributed by atoms with van der Waals surface area (Å²) in [4.78, 5) is 14.9. The van der Waals surface area contributed by atoms with Crippen molar-refractivity contribution in [3.05, 3.63) is 35.8 Å². The van der Waals surface area contributed by atoms with Gasteiger partial charge in [-0.3, -0.25) is 9.52 Å². The lowest BCUT2D eigenvalue weighted by atomic mass is 10.2. The maximum Gasteiger partial charge on any atom is 0.323 e. The minimum absolute atomic E-state index is 0.318. The Morgan fingerprint density at radius 1 is 1.35 bits per heavy atom. The fourth-order valence-corrected chi connectivity index (χ4v) is 2.98. The standard InChI is InChI=1S/C12H12N2O4S2/c1-8(12(15)16)20(17,18)14-10-4-2-9(3-5-10)11-13-6-7-19-11/h2-8,14H,1H3,(H,15,16). The third-order valence-corrected chi connectivity index (χ3v) is 5.11. The van der Waals surface area contributed by atoms with Gasteiger partial charge in [0.15, 0.2) is 5.25 Å². The van der Waals surface area contributed by atoms with Crippen LogP contribution in [0.2, 0.25) is 0 Å². The predicted octanol–water partition coefficient (Wildman–Crippen LogP) is 2.02. The Morgan fingerprint density at radius 2 is 2.00 bits per heavy atom. The number of aliphatic carboxylic acids is 1. The number of carboxylic acids is 1. The molecule has 6 nitrogen and oxygen atoms in total. The summed E-state index contributed by atoms with van der Waals surface area (Å²) in [6.07, 6.45) is 1.69. The molecule has 0 fully saturated rings. The van der Waals surface area contributed by atoms with Gasteiger partial charge in [-0.1, -0.05) is 0 Å². The largest absolute Gasteiger partial charge is 0.480 e. The van der Waals surface area contributed by atoms with E-state index in [0.29, 0.717) is 5.69 Å². The zero-order chi connectivity index (χ0) is 14.8. The first-order chi connectivity index (χ1) is 9.40. The van der Waals surface area contributed by atoms with Gasteiger partial charge >= 0.3 is 5.97 Å². The van der Waals surface area contributed by atoms with E-state index >= 15 is 0 Å². The van der Waals surface area contributed by atoms with E-state index in [9.17, 15) is 13.2 Å². The van der Waals surface area contributed by atoms with E-state index in [1.807, 2.05) is 5.38 Å². The smallest absolute Gasteiger partial charge is 0.323 e. The normalized spacial score (nSPS) is 12.8. The summed E-state index contributed by atoms with van der Waals surface area (Å²) in [7, 11) is -3.94. The van der Waals surface area contributed by atoms with Crippen molar-refractivity contribution in [2.24, 2.45) is 0 Å². The molecular weight excluding hydrogens is 300 g/mol. The summed E-state index contributed by atoms with van der Waals surface area (Å²) in [5.74, 6) is -1.39. The summed E-state index contributed by atoms with van der Waals surface area (Å²) >= 11 is 1.48. The van der Waals surface area contributed by atoms with Gasteiger partial charge in [0.2, 0.25) is 10.0 Å². The van der Waals surface area contributed by atoms with E-state index in [1.165, 1.54) is 11.3 Å². The van der Waals surface area contributed by atoms with E-state index in [2.05, 4.69) is 9.71 Å². The van der Waals surface area contributed by atoms with Crippen LogP contribution in [0.1, 0.15) is 6.92 Å². The quantitative estimate of drug-likeness (QED) is 0.880. The van der Waals surface area contributed by atoms with Gasteiger partial charge in [0.25, 0.3) is 0 Å². The van der Waals surface area contributed by atoms with Gasteiger partial charge in [-0.2, -0.15) is 0 Å². The first-order valence-electron chi connectivity index (χ1n) is 5.64. The highest BCUT2D eigenvalue weighted by Crippen LogP contribution is 2.23. The zero-order valence-corrected chi connectivity index (χ0v) is 12.1. The number of nitrogens with one attached hydrogen (secondary N) is 1. The number of benzene rings is 1. The van der Waals surface area contributed by atoms with E-state index in [1.54, 1.807) is 30.5 Å². The van der Waals surface area contributed by atoms with Gasteiger partial charge in [0.05, 0.1) is 0 Å². The summed E-state index contributed by atoms with van der Waals surface area (Å²) in [5.41, 5.74) is 1.19. The second-order valence-corrected chi connectivity index (χ2v) is 6.94. The SMILES string of the molecule is CC(C(=O)O)S(=O)(=O)Nc1ccc(-c2nccs2)cc1. The van der Waals surface area contributed by atoms with Crippen LogP contribution in [0.4, 0.5) is 5.69 Å². The lowest BCUT2D eigenvalue weighted by Crippen LogP contribution is -2.32. The highest BCUT2D eigenvalue weighted by atomic mass is 32.2. The Labute approximate surface area is 120 Å². The number of thiazole rings is 1. The third kappa shape index (κ3) is 3.14. The molecule has 20 heavy (non-hydrogen) atoms. The summed E-state index contributed by atoms with van der Waals surface area (Å²) in [5, 5.41) is 9.91. The van der Waals surface area contributed by atoms with E-state index in [0.717, 1.165) is 17.5 Å². The van der Waals surface area contributed by atoms with Gasteiger partial charge in [-0.15, -0.1) is 11.3 Å². The van der Waals surface area contributed by atoms with Gasteiger partial charge in [-0.25, -0.2) is 13.4 Å². The molecule has 2 aromatic rings. The average Bonchev–Trinajstić information content (AvgIpc) is 2.92. The number of sulfonamides is 1. The molecule has 0 aliphatic rings. The number of hydrogen-bond donors (Lipinski definition) is 2. The number of aromatic nitrogens is 1. The van der Waals surface area contributed by atoms with Crippen molar-refractivity contribution in [2.75, 3.05) is 4.72 Å². The van der Waals surface area contributed by atoms with E-state index < -0.39 is 21.2 Å². The van der Waals surface area contributed by atoms with Crippen LogP contribution >= 0.6 is 11.3 Å². The molecule has 0 saturated carbocycles. The summed E-state index contributed by atoms with van der Waals surface area (Å²) in [6, 6.07) is 6.59. The van der Waals surface area contributed by atoms with Crippen molar-refractivity contribution >= 4 is 33.0 Å². The highest BCUT2D eigenvalue weighted by molar-refractivity contribution is 7.94. The number of carboxylic acid groups (broad SMARTS) is 1. The molecule has 2 N–H and O–H groups in total. The molecule has 0 aliphatic carbocycles. The minimum atomic E-state index is -3.94. The van der Waals surface area contributed by atoms with E-state index in [-0.39, 0.29) is 0 Å². The monoisotopic (exact) mass is 312 g/mol. The second-order valence-electron chi connectivity index (χ2n) is 4.04. The number of carbonyl (C=O) groups is 1. The van der Waals surface area contributed by atoms with Crippen LogP contribution in [-0.4, -0.2) is 29.7 Å². The molecule has 1 atom stereocenters. The van der Waals surface area contributed by atoms with Crippen LogP contribution in [0.15, 0.2) is 35.8 Å². The molecule has 1 aromatic carbocycles. The van der Waals surface area contributed by atoms with Gasteiger partial charge in [0.1, 0.15) is 5.01 Å². The van der Waals surface area contributed by atoms with Gasteiger partial charge in [-0.05, 0) is 31.2 Å². The van der Waals surface area contributed by atoms with E-state index in [4.69, 9.17) is 5.11 Å². The molecule has 0 spiro atoms. The molecule has 0 amide bonds. The minimum Gasteiger partial charge on any atom is -0.480 e. The van der Waals surface area contributed by atoms with Gasteiger partial charge < -0.3 is 5.11 Å². The maximum atomic E-state index is 11.8. The predicted molar refractivity (Wildman–Crippen MR) is 77.2 cm³/mol. The molecule has 8 heteroatoms. The molecule has 2 rings (SSSR count). The van der Waals surface area contributed by atoms with Gasteiger partial charge in [0, 0.05) is 22.8 Å². The molecule has 1 unspecified atom stereocenters. The van der Waals surface area contributed by atoms with Crippen LogP contribution in [0.25, 0.3) is 10.6 Å². The Hall–Kier alpha value is -1.93. The number of hydrogen-bond acceptors (Lipinski definition) is 5. The number of nitrogens with zero attached hydrogens (tertiary/aromatic N) is 1. The Morgan fingerprint density at radius 3 is 2.50 bits per heavy atom. The van der Waals surface area contributed by atoms with Crippen molar-refractivity contribution in [3.63, 3.8) is 0 Å². The Balaban J connectivity index is 2.18. The maximum absolute atomic E-state index is 11.8. The van der Waals surface area contributed by atoms with Crippen molar-refractivity contribution in [2.45, 2.75) is 12.2 Å². The fourth-order valence-electron chi connectivity index (χ4n) is 1.43. The first-order valence-corrected chi connectivity index (χ1v) is 8.07. The van der Waals surface area contributed by atoms with Crippen LogP contribution in [-0.2, 0) is 14.8 Å².